The van der Waals surface area contributed by atoms with Gasteiger partial charge < -0.3 is 14.4 Å². The number of carbonyl (C=O) groups excluding carboxylic acids is 1. The number of hydrogen-bond donors (Lipinski definition) is 1. The van der Waals surface area contributed by atoms with E-state index in [4.69, 9.17) is 21.1 Å². The number of aromatic amines is 1. The Hall–Kier alpha value is -4.55. The van der Waals surface area contributed by atoms with Crippen molar-refractivity contribution in [1.29, 1.82) is 0 Å². The number of ether oxygens (including phenoxy) is 2. The minimum absolute atomic E-state index is 0.0768. The van der Waals surface area contributed by atoms with E-state index in [9.17, 15) is 4.79 Å². The third-order valence-electron chi connectivity index (χ3n) is 7.21. The molecule has 0 radical (unpaired) electrons. The molecule has 7 heteroatoms. The summed E-state index contributed by atoms with van der Waals surface area (Å²) < 4.78 is 11.9. The number of amides is 1. The summed E-state index contributed by atoms with van der Waals surface area (Å²) in [7, 11) is 1.63. The average molecular weight is 550 g/mol. The Morgan fingerprint density at radius 3 is 2.27 bits per heavy atom. The fraction of sp³-hybridized carbons (Fsp3) is 0.152. The van der Waals surface area contributed by atoms with Crippen LogP contribution in [0.15, 0.2) is 103 Å². The van der Waals surface area contributed by atoms with Crippen molar-refractivity contribution in [3.8, 4) is 22.8 Å². The lowest BCUT2D eigenvalue weighted by molar-refractivity contribution is 0.0745. The number of H-pyrrole nitrogens is 1. The van der Waals surface area contributed by atoms with Gasteiger partial charge in [-0.3, -0.25) is 9.89 Å². The number of aromatic nitrogens is 2. The van der Waals surface area contributed by atoms with E-state index in [1.54, 1.807) is 7.11 Å². The monoisotopic (exact) mass is 549 g/mol. The first-order valence-corrected chi connectivity index (χ1v) is 13.5. The lowest BCUT2D eigenvalue weighted by Gasteiger charge is -2.27. The molecule has 0 aliphatic carbocycles. The van der Waals surface area contributed by atoms with E-state index in [0.717, 1.165) is 34.4 Å². The fourth-order valence-electron chi connectivity index (χ4n) is 5.20. The van der Waals surface area contributed by atoms with Crippen LogP contribution in [0.1, 0.15) is 38.8 Å². The standard InChI is InChI=1S/C33H28ClN3O3/c1-39-28-20-25(14-17-27(28)40-21-23-10-6-3-7-11-23)32-29-30(24-12-15-26(34)16-13-24)35-36-31(29)33(38)37(32)19-18-22-8-4-2-5-9-22/h2-17,20,32H,18-19,21H2,1H3,(H,35,36). The highest BCUT2D eigenvalue weighted by Crippen LogP contribution is 2.44. The van der Waals surface area contributed by atoms with Gasteiger partial charge in [-0.05, 0) is 47.4 Å². The molecule has 1 aliphatic rings. The predicted molar refractivity (Wildman–Crippen MR) is 156 cm³/mol. The molecule has 1 unspecified atom stereocenters. The van der Waals surface area contributed by atoms with Crippen LogP contribution >= 0.6 is 11.6 Å². The van der Waals surface area contributed by atoms with E-state index < -0.39 is 0 Å². The van der Waals surface area contributed by atoms with Crippen LogP contribution in [0.2, 0.25) is 5.02 Å². The van der Waals surface area contributed by atoms with E-state index in [0.29, 0.717) is 35.4 Å². The number of hydrogen-bond acceptors (Lipinski definition) is 4. The molecule has 1 aromatic heterocycles. The lowest BCUT2D eigenvalue weighted by Crippen LogP contribution is -2.31. The van der Waals surface area contributed by atoms with Crippen molar-refractivity contribution in [2.24, 2.45) is 0 Å². The molecule has 1 aliphatic heterocycles. The van der Waals surface area contributed by atoms with Crippen LogP contribution in [0.5, 0.6) is 11.5 Å². The van der Waals surface area contributed by atoms with Crippen molar-refractivity contribution in [3.63, 3.8) is 0 Å². The van der Waals surface area contributed by atoms with Gasteiger partial charge in [-0.15, -0.1) is 0 Å². The number of fused-ring (bicyclic) bond motifs is 1. The molecule has 0 spiro atoms. The number of nitrogens with one attached hydrogen (secondary N) is 1. The van der Waals surface area contributed by atoms with Crippen LogP contribution in [0, 0.1) is 0 Å². The van der Waals surface area contributed by atoms with Crippen LogP contribution in [0.25, 0.3) is 11.3 Å². The first kappa shape index (κ1) is 25.7. The predicted octanol–water partition coefficient (Wildman–Crippen LogP) is 7.11. The maximum Gasteiger partial charge on any atom is 0.273 e. The molecule has 0 saturated carbocycles. The molecular formula is C33H28ClN3O3. The van der Waals surface area contributed by atoms with Crippen molar-refractivity contribution < 1.29 is 14.3 Å². The second kappa shape index (κ2) is 11.3. The maximum absolute atomic E-state index is 13.8. The Kier molecular flexibility index (Phi) is 7.25. The summed E-state index contributed by atoms with van der Waals surface area (Å²) in [5.74, 6) is 1.17. The molecule has 1 N–H and O–H groups in total. The van der Waals surface area contributed by atoms with Gasteiger partial charge in [0.05, 0.1) is 18.8 Å². The van der Waals surface area contributed by atoms with Gasteiger partial charge in [0.2, 0.25) is 0 Å². The van der Waals surface area contributed by atoms with Crippen LogP contribution in [0.3, 0.4) is 0 Å². The van der Waals surface area contributed by atoms with Gasteiger partial charge >= 0.3 is 0 Å². The first-order chi connectivity index (χ1) is 19.6. The zero-order valence-electron chi connectivity index (χ0n) is 22.0. The molecule has 0 saturated heterocycles. The number of carbonyl (C=O) groups is 1. The highest BCUT2D eigenvalue weighted by Gasteiger charge is 2.42. The summed E-state index contributed by atoms with van der Waals surface area (Å²) in [6, 6.07) is 33.2. The first-order valence-electron chi connectivity index (χ1n) is 13.2. The number of rotatable bonds is 9. The zero-order valence-corrected chi connectivity index (χ0v) is 22.8. The van der Waals surface area contributed by atoms with Crippen LogP contribution in [-0.2, 0) is 13.0 Å². The molecule has 1 atom stereocenters. The molecule has 4 aromatic carbocycles. The molecule has 40 heavy (non-hydrogen) atoms. The fourth-order valence-corrected chi connectivity index (χ4v) is 5.33. The van der Waals surface area contributed by atoms with Crippen molar-refractivity contribution in [1.82, 2.24) is 15.1 Å². The van der Waals surface area contributed by atoms with Crippen molar-refractivity contribution in [2.75, 3.05) is 13.7 Å². The summed E-state index contributed by atoms with van der Waals surface area (Å²) >= 11 is 6.16. The highest BCUT2D eigenvalue weighted by atomic mass is 35.5. The number of nitrogens with zero attached hydrogens (tertiary/aromatic N) is 2. The average Bonchev–Trinajstić information content (AvgIpc) is 3.55. The van der Waals surface area contributed by atoms with Crippen molar-refractivity contribution in [3.05, 3.63) is 136 Å². The second-order valence-electron chi connectivity index (χ2n) is 9.69. The maximum atomic E-state index is 13.8. The third-order valence-corrected chi connectivity index (χ3v) is 7.46. The Morgan fingerprint density at radius 2 is 1.57 bits per heavy atom. The molecule has 0 bridgehead atoms. The minimum Gasteiger partial charge on any atom is -0.493 e. The summed E-state index contributed by atoms with van der Waals surface area (Å²) in [6.07, 6.45) is 0.729. The van der Waals surface area contributed by atoms with E-state index in [2.05, 4.69) is 22.3 Å². The van der Waals surface area contributed by atoms with Crippen molar-refractivity contribution >= 4 is 17.5 Å². The topological polar surface area (TPSA) is 67.5 Å². The molecule has 0 fully saturated rings. The quantitative estimate of drug-likeness (QED) is 0.213. The van der Waals surface area contributed by atoms with Gasteiger partial charge in [0.15, 0.2) is 11.5 Å². The van der Waals surface area contributed by atoms with Crippen LogP contribution in [-0.4, -0.2) is 34.7 Å². The van der Waals surface area contributed by atoms with E-state index >= 15 is 0 Å². The Bertz CT molecular complexity index is 1620. The minimum atomic E-state index is -0.354. The number of halogens is 1. The molecule has 6 nitrogen and oxygen atoms in total. The summed E-state index contributed by atoms with van der Waals surface area (Å²) in [6.45, 7) is 0.971. The highest BCUT2D eigenvalue weighted by molar-refractivity contribution is 6.30. The largest absolute Gasteiger partial charge is 0.493 e. The van der Waals surface area contributed by atoms with Gasteiger partial charge in [0, 0.05) is 22.7 Å². The summed E-state index contributed by atoms with van der Waals surface area (Å²) in [5.41, 5.74) is 6.13. The van der Waals surface area contributed by atoms with E-state index in [1.165, 1.54) is 5.56 Å². The van der Waals surface area contributed by atoms with E-state index in [-0.39, 0.29) is 11.9 Å². The molecule has 6 rings (SSSR count). The van der Waals surface area contributed by atoms with Crippen molar-refractivity contribution in [2.45, 2.75) is 19.1 Å². The molecule has 5 aromatic rings. The Labute approximate surface area is 238 Å². The molecule has 200 valence electrons. The number of methoxy groups -OCH3 is 1. The van der Waals surface area contributed by atoms with Gasteiger partial charge in [-0.1, -0.05) is 90.5 Å². The molecule has 1 amide bonds. The van der Waals surface area contributed by atoms with E-state index in [1.807, 2.05) is 95.9 Å². The van der Waals surface area contributed by atoms with Gasteiger partial charge in [0.25, 0.3) is 5.91 Å². The summed E-state index contributed by atoms with van der Waals surface area (Å²) in [4.78, 5) is 15.7. The SMILES string of the molecule is COc1cc(C2c3c(-c4ccc(Cl)cc4)n[nH]c3C(=O)N2CCc2ccccc2)ccc1OCc1ccccc1. The third kappa shape index (κ3) is 5.06. The van der Waals surface area contributed by atoms with Gasteiger partial charge in [-0.2, -0.15) is 5.10 Å². The molecular weight excluding hydrogens is 522 g/mol. The normalized spacial score (nSPS) is 14.3. The Morgan fingerprint density at radius 1 is 0.875 bits per heavy atom. The van der Waals surface area contributed by atoms with Crippen LogP contribution < -0.4 is 9.47 Å². The van der Waals surface area contributed by atoms with Crippen LogP contribution in [0.4, 0.5) is 0 Å². The second-order valence-corrected chi connectivity index (χ2v) is 10.1. The molecule has 2 heterocycles. The smallest absolute Gasteiger partial charge is 0.273 e. The summed E-state index contributed by atoms with van der Waals surface area (Å²) in [5, 5.41) is 8.24. The number of benzene rings is 4. The Balaban J connectivity index is 1.38. The zero-order chi connectivity index (χ0) is 27.5. The van der Waals surface area contributed by atoms with Gasteiger partial charge in [-0.25, -0.2) is 0 Å². The lowest BCUT2D eigenvalue weighted by atomic mass is 9.95. The van der Waals surface area contributed by atoms with Gasteiger partial charge in [0.1, 0.15) is 12.3 Å².